The number of carboxylic acids is 1. The molecule has 2 N–H and O–H groups in total. The molecule has 0 aliphatic rings. The van der Waals surface area contributed by atoms with Gasteiger partial charge in [0.1, 0.15) is 11.6 Å². The standard InChI is InChI=1S/C29H29N7O4/c1-4-22(16-27(37)38)36(25-7-5-6-14-30-25)29(39)20-10-13-24-23(15-20)33-26(35(24)3)17-31-21-11-8-19(9-12-21)28-32-18(2)40-34-28/h5-15,22,31H,4,16-17H2,1-3H3,(H,37,38). The fraction of sp³-hybridized carbons (Fsp3) is 0.241. The number of nitrogens with one attached hydrogen (secondary N) is 1. The summed E-state index contributed by atoms with van der Waals surface area (Å²) in [5.41, 5.74) is 3.71. The van der Waals surface area contributed by atoms with Gasteiger partial charge in [0.05, 0.1) is 24.0 Å². The molecule has 40 heavy (non-hydrogen) atoms. The van der Waals surface area contributed by atoms with E-state index in [0.29, 0.717) is 41.6 Å². The zero-order chi connectivity index (χ0) is 28.2. The van der Waals surface area contributed by atoms with Gasteiger partial charge in [-0.1, -0.05) is 18.1 Å². The number of imidazole rings is 1. The largest absolute Gasteiger partial charge is 0.481 e. The van der Waals surface area contributed by atoms with Gasteiger partial charge < -0.3 is 19.5 Å². The Balaban J connectivity index is 1.37. The molecular formula is C29H29N7O4. The maximum absolute atomic E-state index is 13.7. The fourth-order valence-electron chi connectivity index (χ4n) is 4.59. The number of fused-ring (bicyclic) bond motifs is 1. The summed E-state index contributed by atoms with van der Waals surface area (Å²) in [5, 5.41) is 16.8. The highest BCUT2D eigenvalue weighted by molar-refractivity contribution is 6.07. The van der Waals surface area contributed by atoms with Gasteiger partial charge in [0, 0.05) is 43.0 Å². The number of aromatic nitrogens is 5. The Kier molecular flexibility index (Phi) is 7.54. The van der Waals surface area contributed by atoms with Crippen LogP contribution in [-0.4, -0.2) is 47.7 Å². The van der Waals surface area contributed by atoms with Crippen LogP contribution >= 0.6 is 0 Å². The summed E-state index contributed by atoms with van der Waals surface area (Å²) >= 11 is 0. The maximum Gasteiger partial charge on any atom is 0.305 e. The predicted molar refractivity (Wildman–Crippen MR) is 150 cm³/mol. The smallest absolute Gasteiger partial charge is 0.305 e. The number of hydrogen-bond donors (Lipinski definition) is 2. The molecule has 0 spiro atoms. The summed E-state index contributed by atoms with van der Waals surface area (Å²) in [4.78, 5) is 40.1. The van der Waals surface area contributed by atoms with E-state index < -0.39 is 12.0 Å². The van der Waals surface area contributed by atoms with E-state index in [9.17, 15) is 14.7 Å². The molecule has 0 fully saturated rings. The third-order valence-corrected chi connectivity index (χ3v) is 6.70. The van der Waals surface area contributed by atoms with Crippen molar-refractivity contribution in [3.63, 3.8) is 0 Å². The minimum atomic E-state index is -0.975. The van der Waals surface area contributed by atoms with Gasteiger partial charge in [0.2, 0.25) is 11.7 Å². The first kappa shape index (κ1) is 26.5. The Labute approximate surface area is 230 Å². The molecule has 1 atom stereocenters. The summed E-state index contributed by atoms with van der Waals surface area (Å²) in [6, 6.07) is 17.7. The van der Waals surface area contributed by atoms with Crippen molar-refractivity contribution in [2.24, 2.45) is 7.05 Å². The molecule has 11 nitrogen and oxygen atoms in total. The number of carbonyl (C=O) groups is 2. The first-order valence-corrected chi connectivity index (χ1v) is 12.9. The Bertz CT molecular complexity index is 1640. The molecule has 3 heterocycles. The number of carboxylic acid groups (broad SMARTS) is 1. The monoisotopic (exact) mass is 539 g/mol. The van der Waals surface area contributed by atoms with Crippen molar-refractivity contribution in [3.8, 4) is 11.4 Å². The molecule has 204 valence electrons. The Morgan fingerprint density at radius 3 is 2.55 bits per heavy atom. The molecule has 0 radical (unpaired) electrons. The third kappa shape index (κ3) is 5.53. The lowest BCUT2D eigenvalue weighted by Crippen LogP contribution is -2.42. The van der Waals surface area contributed by atoms with Crippen LogP contribution in [0.3, 0.4) is 0 Å². The lowest BCUT2D eigenvalue weighted by molar-refractivity contribution is -0.137. The van der Waals surface area contributed by atoms with Crippen LogP contribution in [0, 0.1) is 6.92 Å². The van der Waals surface area contributed by atoms with E-state index in [0.717, 1.165) is 22.6 Å². The van der Waals surface area contributed by atoms with Gasteiger partial charge in [-0.15, -0.1) is 0 Å². The van der Waals surface area contributed by atoms with Gasteiger partial charge >= 0.3 is 5.97 Å². The van der Waals surface area contributed by atoms with Crippen molar-refractivity contribution in [2.45, 2.75) is 39.3 Å². The van der Waals surface area contributed by atoms with E-state index in [-0.39, 0.29) is 12.3 Å². The molecule has 0 aliphatic heterocycles. The molecule has 2 aromatic carbocycles. The van der Waals surface area contributed by atoms with Crippen LogP contribution in [0.2, 0.25) is 0 Å². The van der Waals surface area contributed by atoms with Gasteiger partial charge in [-0.2, -0.15) is 4.98 Å². The van der Waals surface area contributed by atoms with Crippen LogP contribution in [0.1, 0.15) is 41.8 Å². The van der Waals surface area contributed by atoms with E-state index in [1.165, 1.54) is 4.90 Å². The molecule has 11 heteroatoms. The lowest BCUT2D eigenvalue weighted by Gasteiger charge is -2.29. The molecule has 5 rings (SSSR count). The van der Waals surface area contributed by atoms with Gasteiger partial charge in [-0.05, 0) is 61.0 Å². The zero-order valence-electron chi connectivity index (χ0n) is 22.4. The van der Waals surface area contributed by atoms with E-state index in [4.69, 9.17) is 9.51 Å². The number of aryl methyl sites for hydroxylation is 2. The second kappa shape index (κ2) is 11.4. The number of aliphatic carboxylic acids is 1. The highest BCUT2D eigenvalue weighted by atomic mass is 16.5. The van der Waals surface area contributed by atoms with Crippen LogP contribution in [0.25, 0.3) is 22.4 Å². The summed E-state index contributed by atoms with van der Waals surface area (Å²) in [6.45, 7) is 4.07. The average molecular weight is 540 g/mol. The highest BCUT2D eigenvalue weighted by Crippen LogP contribution is 2.25. The first-order chi connectivity index (χ1) is 19.3. The van der Waals surface area contributed by atoms with E-state index in [2.05, 4.69) is 20.4 Å². The van der Waals surface area contributed by atoms with Crippen molar-refractivity contribution in [1.82, 2.24) is 24.7 Å². The number of benzene rings is 2. The second-order valence-corrected chi connectivity index (χ2v) is 9.38. The van der Waals surface area contributed by atoms with Crippen molar-refractivity contribution in [3.05, 3.63) is 84.1 Å². The lowest BCUT2D eigenvalue weighted by atomic mass is 10.1. The number of rotatable bonds is 10. The van der Waals surface area contributed by atoms with Crippen LogP contribution < -0.4 is 10.2 Å². The first-order valence-electron chi connectivity index (χ1n) is 12.9. The Morgan fingerprint density at radius 2 is 1.90 bits per heavy atom. The van der Waals surface area contributed by atoms with E-state index in [1.54, 1.807) is 43.5 Å². The van der Waals surface area contributed by atoms with Crippen LogP contribution in [0.4, 0.5) is 11.5 Å². The number of nitrogens with zero attached hydrogens (tertiary/aromatic N) is 6. The van der Waals surface area contributed by atoms with E-state index in [1.807, 2.05) is 48.9 Å². The molecule has 3 aromatic heterocycles. The van der Waals surface area contributed by atoms with Crippen molar-refractivity contribution in [1.29, 1.82) is 0 Å². The molecule has 1 unspecified atom stereocenters. The maximum atomic E-state index is 13.7. The third-order valence-electron chi connectivity index (χ3n) is 6.70. The van der Waals surface area contributed by atoms with Crippen molar-refractivity contribution >= 4 is 34.4 Å². The number of anilines is 2. The van der Waals surface area contributed by atoms with E-state index >= 15 is 0 Å². The topological polar surface area (TPSA) is 139 Å². The molecule has 0 aliphatic carbocycles. The van der Waals surface area contributed by atoms with Crippen LogP contribution in [-0.2, 0) is 18.4 Å². The molecule has 0 saturated carbocycles. The van der Waals surface area contributed by atoms with Gasteiger partial charge in [-0.3, -0.25) is 14.5 Å². The zero-order valence-corrected chi connectivity index (χ0v) is 22.4. The summed E-state index contributed by atoms with van der Waals surface area (Å²) in [5.74, 6) is 0.954. The summed E-state index contributed by atoms with van der Waals surface area (Å²) in [7, 11) is 1.93. The van der Waals surface area contributed by atoms with Crippen molar-refractivity contribution < 1.29 is 19.2 Å². The minimum Gasteiger partial charge on any atom is -0.481 e. The Morgan fingerprint density at radius 1 is 1.10 bits per heavy atom. The van der Waals surface area contributed by atoms with Crippen LogP contribution in [0.15, 0.2) is 71.4 Å². The van der Waals surface area contributed by atoms with Crippen molar-refractivity contribution in [2.75, 3.05) is 10.2 Å². The SMILES string of the molecule is CCC(CC(=O)O)N(C(=O)c1ccc2c(c1)nc(CNc1ccc(-c3noc(C)n3)cc1)n2C)c1ccccn1. The highest BCUT2D eigenvalue weighted by Gasteiger charge is 2.28. The quantitative estimate of drug-likeness (QED) is 0.255. The van der Waals surface area contributed by atoms with Gasteiger partial charge in [0.15, 0.2) is 0 Å². The molecular weight excluding hydrogens is 510 g/mol. The number of hydrogen-bond acceptors (Lipinski definition) is 8. The molecule has 1 amide bonds. The summed E-state index contributed by atoms with van der Waals surface area (Å²) < 4.78 is 7.02. The second-order valence-electron chi connectivity index (χ2n) is 9.38. The normalized spacial score (nSPS) is 11.9. The molecule has 5 aromatic rings. The predicted octanol–water partition coefficient (Wildman–Crippen LogP) is 4.84. The minimum absolute atomic E-state index is 0.184. The Hall–Kier alpha value is -5.06. The number of pyridine rings is 1. The number of amides is 1. The fourth-order valence-corrected chi connectivity index (χ4v) is 4.59. The average Bonchev–Trinajstić information content (AvgIpc) is 3.54. The molecule has 0 bridgehead atoms. The van der Waals surface area contributed by atoms with Gasteiger partial charge in [-0.25, -0.2) is 9.97 Å². The number of carbonyl (C=O) groups excluding carboxylic acids is 1. The van der Waals surface area contributed by atoms with Crippen LogP contribution in [0.5, 0.6) is 0 Å². The summed E-state index contributed by atoms with van der Waals surface area (Å²) in [6.07, 6.45) is 1.87. The molecule has 0 saturated heterocycles. The van der Waals surface area contributed by atoms with Gasteiger partial charge in [0.25, 0.3) is 5.91 Å².